The largest absolute Gasteiger partial charge is 0.433 e. The van der Waals surface area contributed by atoms with Crippen LogP contribution in [0.25, 0.3) is 0 Å². The minimum Gasteiger partial charge on any atom is -0.366 e. The lowest BCUT2D eigenvalue weighted by Gasteiger charge is -2.25. The van der Waals surface area contributed by atoms with Crippen LogP contribution in [0.15, 0.2) is 30.5 Å². The van der Waals surface area contributed by atoms with E-state index in [1.54, 1.807) is 0 Å². The lowest BCUT2D eigenvalue weighted by molar-refractivity contribution is -0.141. The minimum absolute atomic E-state index is 0.729. The molecule has 5 heteroatoms. The van der Waals surface area contributed by atoms with Crippen LogP contribution in [0.3, 0.4) is 0 Å². The molecule has 0 radical (unpaired) electrons. The van der Waals surface area contributed by atoms with E-state index in [0.29, 0.717) is 0 Å². The predicted molar refractivity (Wildman–Crippen MR) is 55.2 cm³/mol. The maximum absolute atomic E-state index is 12.3. The molecule has 86 valence electrons. The molecule has 0 aliphatic carbocycles. The summed E-state index contributed by atoms with van der Waals surface area (Å²) in [6, 6.07) is 2.49. The summed E-state index contributed by atoms with van der Waals surface area (Å²) in [7, 11) is 0. The number of anilines is 1. The molecule has 0 aromatic carbocycles. The first-order chi connectivity index (χ1) is 7.57. The van der Waals surface area contributed by atoms with E-state index in [9.17, 15) is 13.2 Å². The van der Waals surface area contributed by atoms with E-state index in [0.717, 1.165) is 31.3 Å². The van der Waals surface area contributed by atoms with Crippen molar-refractivity contribution in [3.8, 4) is 0 Å². The van der Waals surface area contributed by atoms with Gasteiger partial charge in [0.2, 0.25) is 0 Å². The SMILES string of the molecule is FC(F)(F)c1ccc(N2CC=CCC2)cn1. The second kappa shape index (κ2) is 4.15. The Morgan fingerprint density at radius 3 is 2.50 bits per heavy atom. The van der Waals surface area contributed by atoms with Crippen molar-refractivity contribution in [2.24, 2.45) is 0 Å². The van der Waals surface area contributed by atoms with E-state index in [1.807, 2.05) is 11.0 Å². The van der Waals surface area contributed by atoms with Gasteiger partial charge in [0, 0.05) is 13.1 Å². The van der Waals surface area contributed by atoms with Crippen LogP contribution >= 0.6 is 0 Å². The number of aromatic nitrogens is 1. The van der Waals surface area contributed by atoms with Gasteiger partial charge in [-0.15, -0.1) is 0 Å². The van der Waals surface area contributed by atoms with Gasteiger partial charge < -0.3 is 4.90 Å². The number of rotatable bonds is 1. The van der Waals surface area contributed by atoms with E-state index in [-0.39, 0.29) is 0 Å². The van der Waals surface area contributed by atoms with Gasteiger partial charge in [0.1, 0.15) is 5.69 Å². The van der Waals surface area contributed by atoms with E-state index < -0.39 is 11.9 Å². The standard InChI is InChI=1S/C11H11F3N2/c12-11(13,14)10-5-4-9(8-15-10)16-6-2-1-3-7-16/h1-2,4-5,8H,3,6-7H2. The Morgan fingerprint density at radius 2 is 2.00 bits per heavy atom. The summed E-state index contributed by atoms with van der Waals surface area (Å²) in [5.41, 5.74) is -0.110. The topological polar surface area (TPSA) is 16.1 Å². The van der Waals surface area contributed by atoms with E-state index in [2.05, 4.69) is 11.1 Å². The lowest BCUT2D eigenvalue weighted by atomic mass is 10.2. The summed E-state index contributed by atoms with van der Waals surface area (Å²) in [4.78, 5) is 5.43. The van der Waals surface area contributed by atoms with Gasteiger partial charge in [0.25, 0.3) is 0 Å². The number of alkyl halides is 3. The van der Waals surface area contributed by atoms with Crippen molar-refractivity contribution < 1.29 is 13.2 Å². The van der Waals surface area contributed by atoms with Crippen molar-refractivity contribution in [1.82, 2.24) is 4.98 Å². The molecule has 1 aromatic heterocycles. The molecule has 1 aromatic rings. The molecule has 0 saturated heterocycles. The second-order valence-electron chi connectivity index (χ2n) is 3.61. The first kappa shape index (κ1) is 11.0. The van der Waals surface area contributed by atoms with Gasteiger partial charge in [0.05, 0.1) is 11.9 Å². The molecule has 16 heavy (non-hydrogen) atoms. The Labute approximate surface area is 91.4 Å². The predicted octanol–water partition coefficient (Wildman–Crippen LogP) is 2.87. The van der Waals surface area contributed by atoms with Gasteiger partial charge in [-0.25, -0.2) is 4.98 Å². The fourth-order valence-corrected chi connectivity index (χ4v) is 1.62. The van der Waals surface area contributed by atoms with Crippen molar-refractivity contribution in [3.05, 3.63) is 36.2 Å². The van der Waals surface area contributed by atoms with Crippen LogP contribution in [0.1, 0.15) is 12.1 Å². The molecule has 0 amide bonds. The molecule has 2 rings (SSSR count). The van der Waals surface area contributed by atoms with E-state index in [4.69, 9.17) is 0 Å². The van der Waals surface area contributed by atoms with Gasteiger partial charge in [-0.2, -0.15) is 13.2 Å². The van der Waals surface area contributed by atoms with Gasteiger partial charge in [-0.1, -0.05) is 12.2 Å². The number of halogens is 3. The highest BCUT2D eigenvalue weighted by molar-refractivity contribution is 5.46. The molecule has 1 aliphatic heterocycles. The highest BCUT2D eigenvalue weighted by Crippen LogP contribution is 2.28. The molecular weight excluding hydrogens is 217 g/mol. The monoisotopic (exact) mass is 228 g/mol. The van der Waals surface area contributed by atoms with Crippen molar-refractivity contribution in [2.45, 2.75) is 12.6 Å². The smallest absolute Gasteiger partial charge is 0.366 e. The fraction of sp³-hybridized carbons (Fsp3) is 0.364. The van der Waals surface area contributed by atoms with Crippen molar-refractivity contribution in [1.29, 1.82) is 0 Å². The Morgan fingerprint density at radius 1 is 1.19 bits per heavy atom. The van der Waals surface area contributed by atoms with Crippen molar-refractivity contribution in [2.75, 3.05) is 18.0 Å². The van der Waals surface area contributed by atoms with Crippen LogP contribution in [0.2, 0.25) is 0 Å². The van der Waals surface area contributed by atoms with Gasteiger partial charge >= 0.3 is 6.18 Å². The molecule has 2 nitrogen and oxygen atoms in total. The average molecular weight is 228 g/mol. The van der Waals surface area contributed by atoms with Gasteiger partial charge in [-0.3, -0.25) is 0 Å². The Bertz CT molecular complexity index is 381. The summed E-state index contributed by atoms with van der Waals surface area (Å²) in [6.45, 7) is 1.55. The molecule has 0 fully saturated rings. The zero-order chi connectivity index (χ0) is 11.6. The molecule has 0 spiro atoms. The second-order valence-corrected chi connectivity index (χ2v) is 3.61. The summed E-state index contributed by atoms with van der Waals surface area (Å²) in [6.07, 6.45) is 1.90. The first-order valence-corrected chi connectivity index (χ1v) is 5.00. The number of pyridine rings is 1. The van der Waals surface area contributed by atoms with Crippen LogP contribution in [0.5, 0.6) is 0 Å². The number of hydrogen-bond acceptors (Lipinski definition) is 2. The first-order valence-electron chi connectivity index (χ1n) is 5.00. The molecule has 0 bridgehead atoms. The molecule has 0 unspecified atom stereocenters. The summed E-state index contributed by atoms with van der Waals surface area (Å²) in [5, 5.41) is 0. The quantitative estimate of drug-likeness (QED) is 0.687. The van der Waals surface area contributed by atoms with Crippen molar-refractivity contribution in [3.63, 3.8) is 0 Å². The van der Waals surface area contributed by atoms with E-state index >= 15 is 0 Å². The molecule has 1 aliphatic rings. The van der Waals surface area contributed by atoms with Crippen LogP contribution < -0.4 is 4.90 Å². The van der Waals surface area contributed by atoms with Crippen LogP contribution in [0, 0.1) is 0 Å². The third kappa shape index (κ3) is 2.35. The lowest BCUT2D eigenvalue weighted by Crippen LogP contribution is -2.26. The average Bonchev–Trinajstić information content (AvgIpc) is 2.29. The Kier molecular flexibility index (Phi) is 2.85. The van der Waals surface area contributed by atoms with Gasteiger partial charge in [0.15, 0.2) is 0 Å². The van der Waals surface area contributed by atoms with E-state index in [1.165, 1.54) is 12.3 Å². The summed E-state index contributed by atoms with van der Waals surface area (Å²) in [5.74, 6) is 0. The fourth-order valence-electron chi connectivity index (χ4n) is 1.62. The maximum Gasteiger partial charge on any atom is 0.433 e. The zero-order valence-corrected chi connectivity index (χ0v) is 8.54. The normalized spacial score (nSPS) is 16.6. The maximum atomic E-state index is 12.3. The third-order valence-electron chi connectivity index (χ3n) is 2.46. The highest BCUT2D eigenvalue weighted by atomic mass is 19.4. The molecule has 0 atom stereocenters. The number of hydrogen-bond donors (Lipinski definition) is 0. The Balaban J connectivity index is 2.16. The zero-order valence-electron chi connectivity index (χ0n) is 8.54. The van der Waals surface area contributed by atoms with Gasteiger partial charge in [-0.05, 0) is 18.6 Å². The number of nitrogens with zero attached hydrogens (tertiary/aromatic N) is 2. The van der Waals surface area contributed by atoms with Crippen LogP contribution in [-0.2, 0) is 6.18 Å². The third-order valence-corrected chi connectivity index (χ3v) is 2.46. The molecule has 0 N–H and O–H groups in total. The molecule has 0 saturated carbocycles. The van der Waals surface area contributed by atoms with Crippen molar-refractivity contribution >= 4 is 5.69 Å². The molecule has 2 heterocycles. The van der Waals surface area contributed by atoms with Crippen LogP contribution in [-0.4, -0.2) is 18.1 Å². The highest BCUT2D eigenvalue weighted by Gasteiger charge is 2.32. The summed E-state index contributed by atoms with van der Waals surface area (Å²) >= 11 is 0. The minimum atomic E-state index is -4.36. The Hall–Kier alpha value is -1.52. The summed E-state index contributed by atoms with van der Waals surface area (Å²) < 4.78 is 36.8. The molecular formula is C11H11F3N2. The van der Waals surface area contributed by atoms with Crippen LogP contribution in [0.4, 0.5) is 18.9 Å².